The zero-order valence-corrected chi connectivity index (χ0v) is 11.0. The van der Waals surface area contributed by atoms with Crippen LogP contribution in [-0.2, 0) is 0 Å². The minimum Gasteiger partial charge on any atom is -0.497 e. The fourth-order valence-electron chi connectivity index (χ4n) is 2.09. The lowest BCUT2D eigenvalue weighted by Gasteiger charge is -2.32. The number of piperidine rings is 1. The highest BCUT2D eigenvalue weighted by molar-refractivity contribution is 5.43. The molecule has 102 valence electrons. The maximum Gasteiger partial charge on any atom is 0.124 e. The highest BCUT2D eigenvalue weighted by Gasteiger charge is 2.30. The van der Waals surface area contributed by atoms with Crippen molar-refractivity contribution in [2.45, 2.75) is 18.4 Å². The molecule has 0 bridgehead atoms. The minimum atomic E-state index is -0.791. The first-order valence-electron chi connectivity index (χ1n) is 6.30. The van der Waals surface area contributed by atoms with Gasteiger partial charge in [0.25, 0.3) is 0 Å². The molecule has 0 spiro atoms. The van der Waals surface area contributed by atoms with Gasteiger partial charge in [-0.05, 0) is 38.1 Å². The zero-order chi connectivity index (χ0) is 13.7. The SMILES string of the molecule is COc1cc(C#N)cc(OCC2(O)CCNCC2)c1. The van der Waals surface area contributed by atoms with Gasteiger partial charge in [-0.15, -0.1) is 0 Å². The number of nitrogens with one attached hydrogen (secondary N) is 1. The first kappa shape index (κ1) is 13.7. The van der Waals surface area contributed by atoms with Crippen LogP contribution in [0.15, 0.2) is 18.2 Å². The summed E-state index contributed by atoms with van der Waals surface area (Å²) in [5, 5.41) is 22.5. The Labute approximate surface area is 112 Å². The third-order valence-corrected chi connectivity index (χ3v) is 3.29. The second-order valence-electron chi connectivity index (χ2n) is 4.77. The van der Waals surface area contributed by atoms with Crippen molar-refractivity contribution >= 4 is 0 Å². The summed E-state index contributed by atoms with van der Waals surface area (Å²) in [5.41, 5.74) is -0.312. The second-order valence-corrected chi connectivity index (χ2v) is 4.77. The largest absolute Gasteiger partial charge is 0.497 e. The molecule has 0 saturated carbocycles. The van der Waals surface area contributed by atoms with Gasteiger partial charge in [0.2, 0.25) is 0 Å². The van der Waals surface area contributed by atoms with E-state index < -0.39 is 5.60 Å². The van der Waals surface area contributed by atoms with Gasteiger partial charge < -0.3 is 19.9 Å². The molecular weight excluding hydrogens is 244 g/mol. The molecular formula is C14H18N2O3. The van der Waals surface area contributed by atoms with Crippen LogP contribution in [-0.4, -0.2) is 37.5 Å². The minimum absolute atomic E-state index is 0.229. The summed E-state index contributed by atoms with van der Waals surface area (Å²) >= 11 is 0. The monoisotopic (exact) mass is 262 g/mol. The van der Waals surface area contributed by atoms with Crippen molar-refractivity contribution in [1.82, 2.24) is 5.32 Å². The Hall–Kier alpha value is -1.77. The quantitative estimate of drug-likeness (QED) is 0.848. The van der Waals surface area contributed by atoms with E-state index in [2.05, 4.69) is 11.4 Å². The molecule has 19 heavy (non-hydrogen) atoms. The number of hydrogen-bond donors (Lipinski definition) is 2. The van der Waals surface area contributed by atoms with Crippen LogP contribution in [0.2, 0.25) is 0 Å². The Morgan fingerprint density at radius 2 is 2.00 bits per heavy atom. The molecule has 1 aromatic carbocycles. The highest BCUT2D eigenvalue weighted by atomic mass is 16.5. The van der Waals surface area contributed by atoms with E-state index in [1.807, 2.05) is 0 Å². The van der Waals surface area contributed by atoms with Crippen molar-refractivity contribution < 1.29 is 14.6 Å². The molecule has 0 radical (unpaired) electrons. The van der Waals surface area contributed by atoms with Gasteiger partial charge in [-0.3, -0.25) is 0 Å². The van der Waals surface area contributed by atoms with Gasteiger partial charge in [0.1, 0.15) is 23.7 Å². The predicted molar refractivity (Wildman–Crippen MR) is 70.3 cm³/mol. The highest BCUT2D eigenvalue weighted by Crippen LogP contribution is 2.25. The summed E-state index contributed by atoms with van der Waals surface area (Å²) in [4.78, 5) is 0. The van der Waals surface area contributed by atoms with Crippen molar-refractivity contribution in [2.75, 3.05) is 26.8 Å². The predicted octanol–water partition coefficient (Wildman–Crippen LogP) is 1.06. The molecule has 5 nitrogen and oxygen atoms in total. The number of nitrogens with zero attached hydrogens (tertiary/aromatic N) is 1. The molecule has 1 aliphatic heterocycles. The first-order chi connectivity index (χ1) is 9.15. The molecule has 1 heterocycles. The molecule has 2 rings (SSSR count). The van der Waals surface area contributed by atoms with Crippen molar-refractivity contribution in [3.63, 3.8) is 0 Å². The van der Waals surface area contributed by atoms with E-state index in [-0.39, 0.29) is 6.61 Å². The Morgan fingerprint density at radius 1 is 1.32 bits per heavy atom. The van der Waals surface area contributed by atoms with Gasteiger partial charge >= 0.3 is 0 Å². The van der Waals surface area contributed by atoms with E-state index in [1.54, 1.807) is 25.3 Å². The van der Waals surface area contributed by atoms with Crippen LogP contribution in [0.1, 0.15) is 18.4 Å². The van der Waals surface area contributed by atoms with E-state index >= 15 is 0 Å². The summed E-state index contributed by atoms with van der Waals surface area (Å²) in [5.74, 6) is 1.12. The Kier molecular flexibility index (Phi) is 4.25. The number of ether oxygens (including phenoxy) is 2. The van der Waals surface area contributed by atoms with Crippen molar-refractivity contribution in [3.05, 3.63) is 23.8 Å². The van der Waals surface area contributed by atoms with Crippen LogP contribution in [0.3, 0.4) is 0 Å². The molecule has 1 aromatic rings. The molecule has 0 aliphatic carbocycles. The normalized spacial score (nSPS) is 17.5. The molecule has 1 saturated heterocycles. The van der Waals surface area contributed by atoms with Crippen LogP contribution in [0.25, 0.3) is 0 Å². The maximum atomic E-state index is 10.3. The third-order valence-electron chi connectivity index (χ3n) is 3.29. The maximum absolute atomic E-state index is 10.3. The van der Waals surface area contributed by atoms with E-state index in [1.165, 1.54) is 0 Å². The molecule has 0 atom stereocenters. The topological polar surface area (TPSA) is 74.5 Å². The number of aliphatic hydroxyl groups is 1. The van der Waals surface area contributed by atoms with Gasteiger partial charge in [0.05, 0.1) is 18.7 Å². The Bertz CT molecular complexity index is 476. The second kappa shape index (κ2) is 5.91. The summed E-state index contributed by atoms with van der Waals surface area (Å²) in [6.45, 7) is 1.82. The lowest BCUT2D eigenvalue weighted by molar-refractivity contribution is -0.0286. The third kappa shape index (κ3) is 3.60. The van der Waals surface area contributed by atoms with Gasteiger partial charge in [-0.1, -0.05) is 0 Å². The summed E-state index contributed by atoms with van der Waals surface area (Å²) in [6.07, 6.45) is 1.34. The number of hydrogen-bond acceptors (Lipinski definition) is 5. The molecule has 2 N–H and O–H groups in total. The van der Waals surface area contributed by atoms with Crippen LogP contribution in [0.5, 0.6) is 11.5 Å². The summed E-state index contributed by atoms with van der Waals surface area (Å²) < 4.78 is 10.7. The van der Waals surface area contributed by atoms with E-state index in [4.69, 9.17) is 14.7 Å². The average Bonchev–Trinajstić information content (AvgIpc) is 2.45. The van der Waals surface area contributed by atoms with E-state index in [0.29, 0.717) is 29.9 Å². The Balaban J connectivity index is 2.04. The standard InChI is InChI=1S/C14H18N2O3/c1-18-12-6-11(9-15)7-13(8-12)19-10-14(17)2-4-16-5-3-14/h6-8,16-17H,2-5,10H2,1H3. The number of rotatable bonds is 4. The van der Waals surface area contributed by atoms with E-state index in [0.717, 1.165) is 13.1 Å². The van der Waals surface area contributed by atoms with Gasteiger partial charge in [-0.25, -0.2) is 0 Å². The first-order valence-corrected chi connectivity index (χ1v) is 6.30. The molecule has 0 unspecified atom stereocenters. The van der Waals surface area contributed by atoms with Crippen LogP contribution >= 0.6 is 0 Å². The fraction of sp³-hybridized carbons (Fsp3) is 0.500. The number of benzene rings is 1. The average molecular weight is 262 g/mol. The fourth-order valence-corrected chi connectivity index (χ4v) is 2.09. The van der Waals surface area contributed by atoms with Gasteiger partial charge in [0.15, 0.2) is 0 Å². The summed E-state index contributed by atoms with van der Waals surface area (Å²) in [7, 11) is 1.54. The van der Waals surface area contributed by atoms with Crippen molar-refractivity contribution in [1.29, 1.82) is 5.26 Å². The molecule has 0 amide bonds. The molecule has 1 fully saturated rings. The van der Waals surface area contributed by atoms with Gasteiger partial charge in [0, 0.05) is 6.07 Å². The van der Waals surface area contributed by atoms with E-state index in [9.17, 15) is 5.11 Å². The lowest BCUT2D eigenvalue weighted by atomic mass is 9.93. The van der Waals surface area contributed by atoms with Crippen LogP contribution in [0, 0.1) is 11.3 Å². The lowest BCUT2D eigenvalue weighted by Crippen LogP contribution is -2.45. The smallest absolute Gasteiger partial charge is 0.124 e. The van der Waals surface area contributed by atoms with Crippen LogP contribution in [0.4, 0.5) is 0 Å². The Morgan fingerprint density at radius 3 is 2.63 bits per heavy atom. The van der Waals surface area contributed by atoms with Crippen molar-refractivity contribution in [3.8, 4) is 17.6 Å². The molecule has 0 aromatic heterocycles. The van der Waals surface area contributed by atoms with Crippen LogP contribution < -0.4 is 14.8 Å². The summed E-state index contributed by atoms with van der Waals surface area (Å²) in [6, 6.07) is 7.06. The number of nitriles is 1. The number of methoxy groups -OCH3 is 1. The molecule has 1 aliphatic rings. The van der Waals surface area contributed by atoms with Gasteiger partial charge in [-0.2, -0.15) is 5.26 Å². The zero-order valence-electron chi connectivity index (χ0n) is 11.0. The van der Waals surface area contributed by atoms with Crippen molar-refractivity contribution in [2.24, 2.45) is 0 Å². The molecule has 5 heteroatoms.